The number of nitrogens with zero attached hydrogens (tertiary/aromatic N) is 4. The SMILES string of the molecule is C=CCn1c2c(c(N3CCN(C(c4ccc(F)cc4)c4ccc(F)cc4)CC3)nc1=O)C(c1ccccc1)C(C(=O)OCC)=C(C)N2. The number of aromatic nitrogens is 2. The molecule has 0 bridgehead atoms. The molecule has 3 aromatic carbocycles. The fourth-order valence-electron chi connectivity index (χ4n) is 6.66. The molecule has 47 heavy (non-hydrogen) atoms. The first-order valence-corrected chi connectivity index (χ1v) is 15.8. The topological polar surface area (TPSA) is 79.7 Å². The smallest absolute Gasteiger partial charge is 0.351 e. The molecule has 0 radical (unpaired) electrons. The van der Waals surface area contributed by atoms with Gasteiger partial charge >= 0.3 is 11.7 Å². The highest BCUT2D eigenvalue weighted by Crippen LogP contribution is 2.46. The van der Waals surface area contributed by atoms with E-state index in [0.29, 0.717) is 54.6 Å². The summed E-state index contributed by atoms with van der Waals surface area (Å²) >= 11 is 0. The van der Waals surface area contributed by atoms with Gasteiger partial charge in [0.25, 0.3) is 0 Å². The van der Waals surface area contributed by atoms with Crippen LogP contribution in [-0.2, 0) is 16.1 Å². The molecule has 0 saturated carbocycles. The highest BCUT2D eigenvalue weighted by Gasteiger charge is 2.39. The molecule has 10 heteroatoms. The Bertz CT molecular complexity index is 1800. The number of esters is 1. The third-order valence-corrected chi connectivity index (χ3v) is 8.78. The van der Waals surface area contributed by atoms with Crippen LogP contribution in [0.4, 0.5) is 20.4 Å². The molecule has 4 aromatic rings. The van der Waals surface area contributed by atoms with E-state index in [1.165, 1.54) is 24.3 Å². The molecule has 1 fully saturated rings. The second-order valence-electron chi connectivity index (χ2n) is 11.6. The van der Waals surface area contributed by atoms with Crippen molar-refractivity contribution in [3.05, 3.63) is 147 Å². The largest absolute Gasteiger partial charge is 0.463 e. The molecule has 242 valence electrons. The summed E-state index contributed by atoms with van der Waals surface area (Å²) in [6.45, 7) is 10.1. The summed E-state index contributed by atoms with van der Waals surface area (Å²) in [6.07, 6.45) is 1.64. The van der Waals surface area contributed by atoms with Crippen LogP contribution in [0.2, 0.25) is 0 Å². The number of rotatable bonds is 9. The van der Waals surface area contributed by atoms with Crippen LogP contribution in [0.5, 0.6) is 0 Å². The van der Waals surface area contributed by atoms with Crippen molar-refractivity contribution in [3.63, 3.8) is 0 Å². The molecule has 0 aliphatic carbocycles. The summed E-state index contributed by atoms with van der Waals surface area (Å²) in [5.74, 6) is -0.568. The Hall–Kier alpha value is -5.09. The quantitative estimate of drug-likeness (QED) is 0.178. The summed E-state index contributed by atoms with van der Waals surface area (Å²) in [4.78, 5) is 36.1. The molecule has 0 spiro atoms. The number of allylic oxidation sites excluding steroid dienone is 2. The Morgan fingerprint density at radius 3 is 2.13 bits per heavy atom. The second kappa shape index (κ2) is 13.7. The Labute approximate surface area is 272 Å². The van der Waals surface area contributed by atoms with Crippen LogP contribution >= 0.6 is 0 Å². The van der Waals surface area contributed by atoms with Crippen LogP contribution in [0.1, 0.15) is 48.1 Å². The van der Waals surface area contributed by atoms with Gasteiger partial charge in [0, 0.05) is 44.0 Å². The molecular weight excluding hydrogens is 600 g/mol. The van der Waals surface area contributed by atoms with Gasteiger partial charge in [-0.25, -0.2) is 18.4 Å². The number of piperazine rings is 1. The Balaban J connectivity index is 1.42. The molecule has 3 heterocycles. The maximum absolute atomic E-state index is 13.9. The minimum atomic E-state index is -0.546. The number of anilines is 2. The average molecular weight is 638 g/mol. The molecule has 0 amide bonds. The lowest BCUT2D eigenvalue weighted by atomic mass is 9.81. The van der Waals surface area contributed by atoms with E-state index in [1.54, 1.807) is 41.8 Å². The van der Waals surface area contributed by atoms with Crippen molar-refractivity contribution in [1.82, 2.24) is 14.5 Å². The van der Waals surface area contributed by atoms with Crippen molar-refractivity contribution in [1.29, 1.82) is 0 Å². The van der Waals surface area contributed by atoms with Crippen LogP contribution in [0.3, 0.4) is 0 Å². The number of carbonyl (C=O) groups excluding carboxylic acids is 1. The first kappa shape index (κ1) is 31.9. The zero-order chi connectivity index (χ0) is 33.1. The zero-order valence-electron chi connectivity index (χ0n) is 26.5. The third kappa shape index (κ3) is 6.33. The molecule has 2 aliphatic heterocycles. The van der Waals surface area contributed by atoms with Gasteiger partial charge in [-0.1, -0.05) is 60.7 Å². The van der Waals surface area contributed by atoms with Gasteiger partial charge in [-0.2, -0.15) is 4.98 Å². The third-order valence-electron chi connectivity index (χ3n) is 8.78. The number of benzene rings is 3. The van der Waals surface area contributed by atoms with E-state index in [1.807, 2.05) is 37.3 Å². The minimum Gasteiger partial charge on any atom is -0.463 e. The average Bonchev–Trinajstić information content (AvgIpc) is 3.08. The van der Waals surface area contributed by atoms with Crippen LogP contribution in [-0.4, -0.2) is 53.2 Å². The summed E-state index contributed by atoms with van der Waals surface area (Å²) in [7, 11) is 0. The van der Waals surface area contributed by atoms with E-state index in [4.69, 9.17) is 4.74 Å². The fraction of sp³-hybridized carbons (Fsp3) is 0.270. The van der Waals surface area contributed by atoms with Gasteiger partial charge in [-0.15, -0.1) is 6.58 Å². The van der Waals surface area contributed by atoms with Gasteiger partial charge in [0.15, 0.2) is 0 Å². The monoisotopic (exact) mass is 637 g/mol. The fourth-order valence-corrected chi connectivity index (χ4v) is 6.66. The van der Waals surface area contributed by atoms with Gasteiger partial charge in [-0.05, 0) is 54.8 Å². The van der Waals surface area contributed by atoms with Crippen LogP contribution in [0, 0.1) is 11.6 Å². The maximum atomic E-state index is 13.9. The molecule has 1 N–H and O–H groups in total. The Morgan fingerprint density at radius 1 is 0.979 bits per heavy atom. The van der Waals surface area contributed by atoms with Crippen molar-refractivity contribution in [2.75, 3.05) is 43.0 Å². The molecule has 6 rings (SSSR count). The van der Waals surface area contributed by atoms with Crippen molar-refractivity contribution in [2.24, 2.45) is 0 Å². The van der Waals surface area contributed by atoms with Gasteiger partial charge in [0.05, 0.1) is 24.1 Å². The lowest BCUT2D eigenvalue weighted by molar-refractivity contribution is -0.138. The zero-order valence-corrected chi connectivity index (χ0v) is 26.5. The molecular formula is C37H37F2N5O3. The summed E-state index contributed by atoms with van der Waals surface area (Å²) in [5, 5.41) is 3.36. The first-order chi connectivity index (χ1) is 22.8. The van der Waals surface area contributed by atoms with E-state index in [0.717, 1.165) is 16.7 Å². The second-order valence-corrected chi connectivity index (χ2v) is 11.6. The number of hydrogen-bond donors (Lipinski definition) is 1. The summed E-state index contributed by atoms with van der Waals surface area (Å²) < 4.78 is 34.9. The number of carbonyl (C=O) groups is 1. The van der Waals surface area contributed by atoms with Gasteiger partial charge in [0.1, 0.15) is 23.3 Å². The molecule has 2 aliphatic rings. The van der Waals surface area contributed by atoms with Gasteiger partial charge < -0.3 is 15.0 Å². The van der Waals surface area contributed by atoms with Crippen LogP contribution in [0.15, 0.2) is 108 Å². The highest BCUT2D eigenvalue weighted by molar-refractivity contribution is 5.95. The predicted octanol–water partition coefficient (Wildman–Crippen LogP) is 6.01. The Morgan fingerprint density at radius 2 is 1.57 bits per heavy atom. The number of ether oxygens (including phenoxy) is 1. The van der Waals surface area contributed by atoms with E-state index in [2.05, 4.69) is 26.7 Å². The maximum Gasteiger partial charge on any atom is 0.351 e. The van der Waals surface area contributed by atoms with Crippen molar-refractivity contribution >= 4 is 17.6 Å². The van der Waals surface area contributed by atoms with Crippen molar-refractivity contribution in [2.45, 2.75) is 32.4 Å². The lowest BCUT2D eigenvalue weighted by Crippen LogP contribution is -2.49. The first-order valence-electron chi connectivity index (χ1n) is 15.8. The van der Waals surface area contributed by atoms with Crippen LogP contribution < -0.4 is 15.9 Å². The minimum absolute atomic E-state index is 0.219. The van der Waals surface area contributed by atoms with E-state index < -0.39 is 17.6 Å². The van der Waals surface area contributed by atoms with Gasteiger partial charge in [-0.3, -0.25) is 9.47 Å². The number of fused-ring (bicyclic) bond motifs is 1. The molecule has 1 aromatic heterocycles. The molecule has 1 saturated heterocycles. The normalized spacial score (nSPS) is 16.5. The van der Waals surface area contributed by atoms with Crippen molar-refractivity contribution < 1.29 is 18.3 Å². The van der Waals surface area contributed by atoms with Crippen molar-refractivity contribution in [3.8, 4) is 0 Å². The van der Waals surface area contributed by atoms with E-state index in [-0.39, 0.29) is 30.8 Å². The van der Waals surface area contributed by atoms with E-state index >= 15 is 0 Å². The molecule has 1 unspecified atom stereocenters. The Kier molecular flexibility index (Phi) is 9.31. The molecule has 1 atom stereocenters. The standard InChI is InChI=1S/C37H37F2N5O3/c1-4-19-44-35-32(31(25-9-7-6-8-10-25)30(24(3)40-35)36(45)47-5-2)34(41-37(44)46)43-22-20-42(21-23-43)33(26-11-15-28(38)16-12-26)27-13-17-29(39)18-14-27/h4,6-18,31,33,40H,1,5,19-23H2,2-3H3. The number of nitrogens with one attached hydrogen (secondary N) is 1. The van der Waals surface area contributed by atoms with E-state index in [9.17, 15) is 18.4 Å². The molecule has 8 nitrogen and oxygen atoms in total. The lowest BCUT2D eigenvalue weighted by Gasteiger charge is -2.42. The van der Waals surface area contributed by atoms with Crippen LogP contribution in [0.25, 0.3) is 0 Å². The number of halogens is 2. The summed E-state index contributed by atoms with van der Waals surface area (Å²) in [5.41, 5.74) is 4.01. The predicted molar refractivity (Wildman–Crippen MR) is 178 cm³/mol. The highest BCUT2D eigenvalue weighted by atomic mass is 19.1. The summed E-state index contributed by atoms with van der Waals surface area (Å²) in [6, 6.07) is 22.2. The number of hydrogen-bond acceptors (Lipinski definition) is 7. The van der Waals surface area contributed by atoms with Gasteiger partial charge in [0.2, 0.25) is 0 Å².